The Labute approximate surface area is 123 Å². The van der Waals surface area contributed by atoms with Gasteiger partial charge in [-0.15, -0.1) is 0 Å². The lowest BCUT2D eigenvalue weighted by atomic mass is 9.90. The maximum absolute atomic E-state index is 12.5. The lowest BCUT2D eigenvalue weighted by Gasteiger charge is -2.34. The number of likely N-dealkylation sites (tertiary alicyclic amines) is 1. The van der Waals surface area contributed by atoms with Gasteiger partial charge in [-0.3, -0.25) is 9.59 Å². The van der Waals surface area contributed by atoms with Crippen LogP contribution < -0.4 is 0 Å². The van der Waals surface area contributed by atoms with Crippen LogP contribution in [0.4, 0.5) is 0 Å². The van der Waals surface area contributed by atoms with Crippen molar-refractivity contribution in [3.8, 4) is 6.07 Å². The number of carboxylic acids is 1. The van der Waals surface area contributed by atoms with Crippen LogP contribution in [0.3, 0.4) is 0 Å². The Hall–Kier alpha value is -2.35. The minimum atomic E-state index is -0.849. The number of piperidine rings is 1. The summed E-state index contributed by atoms with van der Waals surface area (Å²) in [5.41, 5.74) is 1.31. The number of carbonyl (C=O) groups is 2. The van der Waals surface area contributed by atoms with Gasteiger partial charge in [0, 0.05) is 18.7 Å². The van der Waals surface area contributed by atoms with E-state index in [1.807, 2.05) is 6.92 Å². The van der Waals surface area contributed by atoms with Gasteiger partial charge >= 0.3 is 5.97 Å². The Morgan fingerprint density at radius 3 is 2.86 bits per heavy atom. The van der Waals surface area contributed by atoms with Crippen molar-refractivity contribution in [3.63, 3.8) is 0 Å². The molecule has 0 radical (unpaired) electrons. The minimum Gasteiger partial charge on any atom is -0.481 e. The number of carboxylic acid groups (broad SMARTS) is 1. The highest BCUT2D eigenvalue weighted by molar-refractivity contribution is 5.94. The van der Waals surface area contributed by atoms with E-state index in [-0.39, 0.29) is 24.8 Å². The molecule has 2 unspecified atom stereocenters. The largest absolute Gasteiger partial charge is 0.481 e. The first-order chi connectivity index (χ1) is 10.0. The molecule has 0 saturated carbocycles. The summed E-state index contributed by atoms with van der Waals surface area (Å²) in [5, 5.41) is 17.9. The molecule has 2 atom stereocenters. The second kappa shape index (κ2) is 6.40. The van der Waals surface area contributed by atoms with Crippen LogP contribution in [0.25, 0.3) is 0 Å². The van der Waals surface area contributed by atoms with Crippen molar-refractivity contribution < 1.29 is 14.7 Å². The van der Waals surface area contributed by atoms with Gasteiger partial charge in [0.2, 0.25) is 0 Å². The average molecular weight is 286 g/mol. The van der Waals surface area contributed by atoms with Crippen LogP contribution in [0, 0.1) is 23.2 Å². The predicted molar refractivity (Wildman–Crippen MR) is 76.6 cm³/mol. The van der Waals surface area contributed by atoms with Crippen LogP contribution in [0.1, 0.15) is 29.3 Å². The van der Waals surface area contributed by atoms with E-state index in [4.69, 9.17) is 10.4 Å². The van der Waals surface area contributed by atoms with Crippen molar-refractivity contribution in [1.82, 2.24) is 4.90 Å². The second-order valence-electron chi connectivity index (χ2n) is 5.62. The lowest BCUT2D eigenvalue weighted by molar-refractivity contribution is -0.143. The van der Waals surface area contributed by atoms with E-state index in [1.54, 1.807) is 29.2 Å². The fourth-order valence-electron chi connectivity index (χ4n) is 2.78. The lowest BCUT2D eigenvalue weighted by Crippen LogP contribution is -2.45. The highest BCUT2D eigenvalue weighted by Gasteiger charge is 2.32. The SMILES string of the molecule is CC1CC(C(=O)O)CN(C(=O)c2cccc(CC#N)c2)C1. The molecular weight excluding hydrogens is 268 g/mol. The monoisotopic (exact) mass is 286 g/mol. The van der Waals surface area contributed by atoms with Crippen LogP contribution in [0.15, 0.2) is 24.3 Å². The van der Waals surface area contributed by atoms with Crippen LogP contribution >= 0.6 is 0 Å². The van der Waals surface area contributed by atoms with Crippen molar-refractivity contribution in [2.75, 3.05) is 13.1 Å². The van der Waals surface area contributed by atoms with Crippen LogP contribution in [0.5, 0.6) is 0 Å². The average Bonchev–Trinajstić information content (AvgIpc) is 2.46. The molecule has 1 N–H and O–H groups in total. The number of carbonyl (C=O) groups excluding carboxylic acids is 1. The first kappa shape index (κ1) is 15.0. The molecule has 0 aromatic heterocycles. The fraction of sp³-hybridized carbons (Fsp3) is 0.438. The molecule has 5 heteroatoms. The minimum absolute atomic E-state index is 0.160. The number of nitriles is 1. The van der Waals surface area contributed by atoms with E-state index >= 15 is 0 Å². The van der Waals surface area contributed by atoms with Crippen LogP contribution in [-0.4, -0.2) is 35.0 Å². The molecule has 0 aliphatic carbocycles. The third-order valence-electron chi connectivity index (χ3n) is 3.75. The molecule has 1 aromatic rings. The third kappa shape index (κ3) is 3.60. The normalized spacial score (nSPS) is 21.6. The molecule has 5 nitrogen and oxygen atoms in total. The number of nitrogens with zero attached hydrogens (tertiary/aromatic N) is 2. The molecule has 1 fully saturated rings. The second-order valence-corrected chi connectivity index (χ2v) is 5.62. The van der Waals surface area contributed by atoms with Gasteiger partial charge < -0.3 is 10.0 Å². The number of amides is 1. The van der Waals surface area contributed by atoms with Crippen molar-refractivity contribution >= 4 is 11.9 Å². The zero-order valence-corrected chi connectivity index (χ0v) is 12.0. The van der Waals surface area contributed by atoms with Gasteiger partial charge in [-0.05, 0) is 30.0 Å². The van der Waals surface area contributed by atoms with E-state index in [0.29, 0.717) is 18.5 Å². The standard InChI is InChI=1S/C16H18N2O3/c1-11-7-14(16(20)21)10-18(9-11)15(19)13-4-2-3-12(8-13)5-6-17/h2-4,8,11,14H,5,7,9-10H2,1H3,(H,20,21). The third-order valence-corrected chi connectivity index (χ3v) is 3.75. The zero-order chi connectivity index (χ0) is 15.4. The highest BCUT2D eigenvalue weighted by atomic mass is 16.4. The molecule has 21 heavy (non-hydrogen) atoms. The predicted octanol–water partition coefficient (Wildman–Crippen LogP) is 1.94. The molecular formula is C16H18N2O3. The van der Waals surface area contributed by atoms with E-state index in [0.717, 1.165) is 5.56 Å². The summed E-state index contributed by atoms with van der Waals surface area (Å²) in [6, 6.07) is 9.03. The van der Waals surface area contributed by atoms with Gasteiger partial charge in [-0.25, -0.2) is 0 Å². The maximum Gasteiger partial charge on any atom is 0.308 e. The van der Waals surface area contributed by atoms with E-state index in [2.05, 4.69) is 6.07 Å². The number of hydrogen-bond acceptors (Lipinski definition) is 3. The quantitative estimate of drug-likeness (QED) is 0.920. The number of rotatable bonds is 3. The maximum atomic E-state index is 12.5. The van der Waals surface area contributed by atoms with Gasteiger partial charge in [-0.2, -0.15) is 5.26 Å². The molecule has 1 saturated heterocycles. The number of hydrogen-bond donors (Lipinski definition) is 1. The zero-order valence-electron chi connectivity index (χ0n) is 12.0. The Morgan fingerprint density at radius 1 is 1.43 bits per heavy atom. The van der Waals surface area contributed by atoms with Gasteiger partial charge in [-0.1, -0.05) is 19.1 Å². The topological polar surface area (TPSA) is 81.4 Å². The van der Waals surface area contributed by atoms with Crippen LogP contribution in [0.2, 0.25) is 0 Å². The van der Waals surface area contributed by atoms with Gasteiger partial charge in [0.25, 0.3) is 5.91 Å². The fourth-order valence-corrected chi connectivity index (χ4v) is 2.78. The van der Waals surface area contributed by atoms with E-state index < -0.39 is 11.9 Å². The van der Waals surface area contributed by atoms with Crippen molar-refractivity contribution in [3.05, 3.63) is 35.4 Å². The summed E-state index contributed by atoms with van der Waals surface area (Å²) in [4.78, 5) is 25.3. The summed E-state index contributed by atoms with van der Waals surface area (Å²) in [7, 11) is 0. The summed E-state index contributed by atoms with van der Waals surface area (Å²) < 4.78 is 0. The molecule has 1 aliphatic rings. The number of benzene rings is 1. The van der Waals surface area contributed by atoms with Crippen molar-refractivity contribution in [2.24, 2.45) is 11.8 Å². The van der Waals surface area contributed by atoms with Gasteiger partial charge in [0.1, 0.15) is 0 Å². The Kier molecular flexibility index (Phi) is 4.59. The van der Waals surface area contributed by atoms with Crippen LogP contribution in [-0.2, 0) is 11.2 Å². The van der Waals surface area contributed by atoms with E-state index in [1.165, 1.54) is 0 Å². The Balaban J connectivity index is 2.17. The molecule has 110 valence electrons. The molecule has 1 aliphatic heterocycles. The Bertz CT molecular complexity index is 591. The summed E-state index contributed by atoms with van der Waals surface area (Å²) in [5.74, 6) is -1.34. The summed E-state index contributed by atoms with van der Waals surface area (Å²) in [6.07, 6.45) is 0.864. The van der Waals surface area contributed by atoms with Crippen molar-refractivity contribution in [2.45, 2.75) is 19.8 Å². The number of aliphatic carboxylic acids is 1. The summed E-state index contributed by atoms with van der Waals surface area (Å²) >= 11 is 0. The first-order valence-electron chi connectivity index (χ1n) is 6.99. The highest BCUT2D eigenvalue weighted by Crippen LogP contribution is 2.23. The molecule has 2 rings (SSSR count). The molecule has 1 aromatic carbocycles. The molecule has 1 heterocycles. The molecule has 0 spiro atoms. The molecule has 1 amide bonds. The summed E-state index contributed by atoms with van der Waals surface area (Å²) in [6.45, 7) is 2.79. The van der Waals surface area contributed by atoms with Gasteiger partial charge in [0.05, 0.1) is 18.4 Å². The smallest absolute Gasteiger partial charge is 0.308 e. The van der Waals surface area contributed by atoms with E-state index in [9.17, 15) is 9.59 Å². The Morgan fingerprint density at radius 2 is 2.19 bits per heavy atom. The van der Waals surface area contributed by atoms with Crippen molar-refractivity contribution in [1.29, 1.82) is 5.26 Å². The molecule has 0 bridgehead atoms. The van der Waals surface area contributed by atoms with Gasteiger partial charge in [0.15, 0.2) is 0 Å². The first-order valence-corrected chi connectivity index (χ1v) is 6.99.